The highest BCUT2D eigenvalue weighted by Gasteiger charge is 2.20. The van der Waals surface area contributed by atoms with Crippen LogP contribution in [0.2, 0.25) is 0 Å². The monoisotopic (exact) mass is 829 g/mol. The van der Waals surface area contributed by atoms with Gasteiger partial charge in [-0.1, -0.05) is 188 Å². The molecule has 3 nitrogen and oxygen atoms in total. The summed E-state index contributed by atoms with van der Waals surface area (Å²) in [5, 5.41) is 9.41. The fourth-order valence-corrected chi connectivity index (χ4v) is 9.97. The Bertz CT molecular complexity index is 3920. The predicted octanol–water partition coefficient (Wildman–Crippen LogP) is 17.9. The molecule has 0 aliphatic carbocycles. The van der Waals surface area contributed by atoms with E-state index in [1.165, 1.54) is 43.8 Å². The molecule has 0 unspecified atom stereocenters. The van der Waals surface area contributed by atoms with Crippen molar-refractivity contribution in [3.8, 4) is 44.5 Å². The van der Waals surface area contributed by atoms with Crippen LogP contribution >= 0.6 is 0 Å². The van der Waals surface area contributed by atoms with Gasteiger partial charge in [0.2, 0.25) is 0 Å². The number of rotatable bonds is 7. The third kappa shape index (κ3) is 6.12. The van der Waals surface area contributed by atoms with Gasteiger partial charge >= 0.3 is 0 Å². The molecule has 2 aromatic heterocycles. The molecule has 65 heavy (non-hydrogen) atoms. The Morgan fingerprint density at radius 1 is 0.246 bits per heavy atom. The van der Waals surface area contributed by atoms with E-state index in [9.17, 15) is 0 Å². The number of anilines is 3. The average molecular weight is 830 g/mol. The number of fused-ring (bicyclic) bond motifs is 9. The minimum Gasteiger partial charge on any atom is -0.455 e. The highest BCUT2D eigenvalue weighted by Crippen LogP contribution is 2.44. The summed E-state index contributed by atoms with van der Waals surface area (Å²) in [7, 11) is 0. The van der Waals surface area contributed by atoms with E-state index in [4.69, 9.17) is 8.83 Å². The predicted molar refractivity (Wildman–Crippen MR) is 272 cm³/mol. The van der Waals surface area contributed by atoms with Crippen molar-refractivity contribution in [2.24, 2.45) is 0 Å². The van der Waals surface area contributed by atoms with Crippen molar-refractivity contribution < 1.29 is 8.83 Å². The Kier molecular flexibility index (Phi) is 8.53. The zero-order chi connectivity index (χ0) is 42.8. The molecule has 0 fully saturated rings. The highest BCUT2D eigenvalue weighted by molar-refractivity contribution is 6.17. The molecule has 0 spiro atoms. The van der Waals surface area contributed by atoms with Crippen molar-refractivity contribution in [3.63, 3.8) is 0 Å². The third-order valence-electron chi connectivity index (χ3n) is 13.1. The first-order valence-electron chi connectivity index (χ1n) is 22.2. The summed E-state index contributed by atoms with van der Waals surface area (Å²) in [6.07, 6.45) is 0. The van der Waals surface area contributed by atoms with Crippen LogP contribution in [0.15, 0.2) is 245 Å². The molecule has 0 N–H and O–H groups in total. The topological polar surface area (TPSA) is 29.5 Å². The van der Waals surface area contributed by atoms with Crippen LogP contribution in [0, 0.1) is 0 Å². The second-order valence-electron chi connectivity index (χ2n) is 16.8. The van der Waals surface area contributed by atoms with Crippen molar-refractivity contribution >= 4 is 82.5 Å². The number of para-hydroxylation sites is 4. The Labute approximate surface area is 375 Å². The first kappa shape index (κ1) is 36.9. The lowest BCUT2D eigenvalue weighted by Gasteiger charge is -2.26. The van der Waals surface area contributed by atoms with E-state index in [1.54, 1.807) is 0 Å². The molecular weight excluding hydrogens is 791 g/mol. The maximum absolute atomic E-state index is 6.96. The number of benzene rings is 11. The standard InChI is InChI=1S/C62H39NO2/c1-2-13-40(14-3-1)41-27-33-45(34-28-41)63(47-37-31-43(32-38-47)58-39-44-15-4-5-16-48(44)50-17-6-7-18-51(50)58)46-35-29-42(30-36-46)49-20-10-22-54-56-24-12-25-57(62(56)65-60(49)54)55-23-11-21-53-52-19-8-9-26-59(52)64-61(53)55/h1-39H. The van der Waals surface area contributed by atoms with Crippen molar-refractivity contribution in [3.05, 3.63) is 237 Å². The van der Waals surface area contributed by atoms with Gasteiger partial charge in [0.15, 0.2) is 0 Å². The lowest BCUT2D eigenvalue weighted by molar-refractivity contribution is 0.665. The zero-order valence-corrected chi connectivity index (χ0v) is 35.3. The maximum Gasteiger partial charge on any atom is 0.143 e. The summed E-state index contributed by atoms with van der Waals surface area (Å²) in [5.41, 5.74) is 15.6. The zero-order valence-electron chi connectivity index (χ0n) is 35.3. The normalized spacial score (nSPS) is 11.7. The van der Waals surface area contributed by atoms with Gasteiger partial charge in [0.25, 0.3) is 0 Å². The molecule has 3 heteroatoms. The van der Waals surface area contributed by atoms with Gasteiger partial charge in [0, 0.05) is 55.3 Å². The molecule has 0 saturated heterocycles. The van der Waals surface area contributed by atoms with Gasteiger partial charge < -0.3 is 13.7 Å². The fraction of sp³-hybridized carbons (Fsp3) is 0. The summed E-state index contributed by atoms with van der Waals surface area (Å²) in [5.74, 6) is 0. The van der Waals surface area contributed by atoms with Crippen molar-refractivity contribution in [1.29, 1.82) is 0 Å². The van der Waals surface area contributed by atoms with Crippen LogP contribution in [0.3, 0.4) is 0 Å². The maximum atomic E-state index is 6.96. The van der Waals surface area contributed by atoms with Crippen LogP contribution in [-0.4, -0.2) is 0 Å². The van der Waals surface area contributed by atoms with Crippen LogP contribution < -0.4 is 4.90 Å². The van der Waals surface area contributed by atoms with Crippen LogP contribution in [0.25, 0.3) is 110 Å². The first-order chi connectivity index (χ1) is 32.2. The molecule has 13 aromatic rings. The second kappa shape index (κ2) is 15.0. The molecule has 0 atom stereocenters. The van der Waals surface area contributed by atoms with Gasteiger partial charge in [-0.3, -0.25) is 0 Å². The van der Waals surface area contributed by atoms with Gasteiger partial charge in [-0.05, 0) is 97.9 Å². The molecule has 11 aromatic carbocycles. The van der Waals surface area contributed by atoms with Gasteiger partial charge in [-0.15, -0.1) is 0 Å². The van der Waals surface area contributed by atoms with E-state index in [1.807, 2.05) is 12.1 Å². The Morgan fingerprint density at radius 2 is 0.677 bits per heavy atom. The van der Waals surface area contributed by atoms with Gasteiger partial charge in [-0.25, -0.2) is 0 Å². The average Bonchev–Trinajstić information content (AvgIpc) is 3.96. The minimum atomic E-state index is 0.852. The second-order valence-corrected chi connectivity index (χ2v) is 16.8. The largest absolute Gasteiger partial charge is 0.455 e. The molecular formula is C62H39NO2. The van der Waals surface area contributed by atoms with Crippen LogP contribution in [0.5, 0.6) is 0 Å². The third-order valence-corrected chi connectivity index (χ3v) is 13.1. The molecule has 13 rings (SSSR count). The van der Waals surface area contributed by atoms with Crippen molar-refractivity contribution in [2.45, 2.75) is 0 Å². The van der Waals surface area contributed by atoms with E-state index >= 15 is 0 Å². The van der Waals surface area contributed by atoms with E-state index in [0.717, 1.165) is 83.2 Å². The SMILES string of the molecule is c1ccc(-c2ccc(N(c3ccc(-c4cc5ccccc5c5ccccc45)cc3)c3ccc(-c4cccc5c4oc4c(-c6cccc7c6oc6ccccc67)cccc45)cc3)cc2)cc1. The molecule has 0 amide bonds. The molecule has 0 bridgehead atoms. The lowest BCUT2D eigenvalue weighted by atomic mass is 9.93. The van der Waals surface area contributed by atoms with Crippen LogP contribution in [0.1, 0.15) is 0 Å². The Morgan fingerprint density at radius 3 is 1.32 bits per heavy atom. The minimum absolute atomic E-state index is 0.852. The number of nitrogens with zero attached hydrogens (tertiary/aromatic N) is 1. The van der Waals surface area contributed by atoms with E-state index in [-0.39, 0.29) is 0 Å². The van der Waals surface area contributed by atoms with Gasteiger partial charge in [0.05, 0.1) is 0 Å². The van der Waals surface area contributed by atoms with Crippen molar-refractivity contribution in [2.75, 3.05) is 4.90 Å². The summed E-state index contributed by atoms with van der Waals surface area (Å²) in [6.45, 7) is 0. The molecule has 0 aliphatic heterocycles. The molecule has 0 radical (unpaired) electrons. The van der Waals surface area contributed by atoms with Gasteiger partial charge in [0.1, 0.15) is 22.3 Å². The van der Waals surface area contributed by atoms with E-state index in [2.05, 4.69) is 229 Å². The van der Waals surface area contributed by atoms with Gasteiger partial charge in [-0.2, -0.15) is 0 Å². The highest BCUT2D eigenvalue weighted by atomic mass is 16.3. The van der Waals surface area contributed by atoms with Crippen molar-refractivity contribution in [1.82, 2.24) is 0 Å². The molecule has 2 heterocycles. The van der Waals surface area contributed by atoms with E-state index in [0.29, 0.717) is 0 Å². The quantitative estimate of drug-likeness (QED) is 0.150. The smallest absolute Gasteiger partial charge is 0.143 e. The molecule has 0 saturated carbocycles. The summed E-state index contributed by atoms with van der Waals surface area (Å²) in [4.78, 5) is 2.34. The first-order valence-corrected chi connectivity index (χ1v) is 22.2. The fourth-order valence-electron chi connectivity index (χ4n) is 9.97. The molecule has 304 valence electrons. The Hall–Kier alpha value is -8.66. The summed E-state index contributed by atoms with van der Waals surface area (Å²) >= 11 is 0. The summed E-state index contributed by atoms with van der Waals surface area (Å²) in [6, 6.07) is 84.5. The lowest BCUT2D eigenvalue weighted by Crippen LogP contribution is -2.09. The number of hydrogen-bond acceptors (Lipinski definition) is 3. The Balaban J connectivity index is 0.903. The van der Waals surface area contributed by atoms with Crippen LogP contribution in [0.4, 0.5) is 17.1 Å². The summed E-state index contributed by atoms with van der Waals surface area (Å²) < 4.78 is 13.4. The van der Waals surface area contributed by atoms with Crippen LogP contribution in [-0.2, 0) is 0 Å². The van der Waals surface area contributed by atoms with E-state index < -0.39 is 0 Å². The number of hydrogen-bond donors (Lipinski definition) is 0. The molecule has 0 aliphatic rings. The number of furan rings is 2.